The van der Waals surface area contributed by atoms with E-state index in [1.165, 1.54) is 6.92 Å². The Balaban J connectivity index is 1.46. The number of furan rings is 1. The maximum absolute atomic E-state index is 12.1. The Hall–Kier alpha value is -3.61. The molecule has 2 aromatic carbocycles. The van der Waals surface area contributed by atoms with Crippen LogP contribution < -0.4 is 10.6 Å². The van der Waals surface area contributed by atoms with Gasteiger partial charge in [0.25, 0.3) is 11.8 Å². The molecule has 7 heteroatoms. The summed E-state index contributed by atoms with van der Waals surface area (Å²) < 4.78 is 10.7. The van der Waals surface area contributed by atoms with Gasteiger partial charge in [0.1, 0.15) is 17.4 Å². The summed E-state index contributed by atoms with van der Waals surface area (Å²) >= 11 is 0. The molecule has 0 aliphatic carbocycles. The number of fused-ring (bicyclic) bond motifs is 1. The summed E-state index contributed by atoms with van der Waals surface area (Å²) in [5.41, 5.74) is 1.17. The van der Waals surface area contributed by atoms with E-state index in [-0.39, 0.29) is 6.04 Å². The van der Waals surface area contributed by atoms with Gasteiger partial charge in [-0.1, -0.05) is 36.4 Å². The van der Waals surface area contributed by atoms with E-state index in [0.717, 1.165) is 11.0 Å². The Morgan fingerprint density at radius 3 is 2.38 bits per heavy atom. The molecule has 2 atom stereocenters. The summed E-state index contributed by atoms with van der Waals surface area (Å²) in [7, 11) is 0. The third-order valence-electron chi connectivity index (χ3n) is 4.33. The van der Waals surface area contributed by atoms with Crippen LogP contribution in [0.3, 0.4) is 0 Å². The van der Waals surface area contributed by atoms with E-state index < -0.39 is 30.4 Å². The highest BCUT2D eigenvalue weighted by Gasteiger charge is 2.20. The van der Waals surface area contributed by atoms with Crippen molar-refractivity contribution in [2.24, 2.45) is 0 Å². The van der Waals surface area contributed by atoms with Crippen molar-refractivity contribution in [1.82, 2.24) is 10.6 Å². The van der Waals surface area contributed by atoms with E-state index in [1.807, 2.05) is 30.3 Å². The van der Waals surface area contributed by atoms with Crippen molar-refractivity contribution < 1.29 is 23.5 Å². The van der Waals surface area contributed by atoms with Crippen LogP contribution in [0.2, 0.25) is 0 Å². The van der Waals surface area contributed by atoms with Crippen LogP contribution >= 0.6 is 0 Å². The second-order valence-electron chi connectivity index (χ2n) is 6.64. The lowest BCUT2D eigenvalue weighted by molar-refractivity contribution is -0.150. The molecule has 1 heterocycles. The normalized spacial score (nSPS) is 12.8. The molecule has 0 aliphatic heterocycles. The van der Waals surface area contributed by atoms with Crippen molar-refractivity contribution in [1.29, 1.82) is 0 Å². The number of para-hydroxylation sites is 1. The fourth-order valence-electron chi connectivity index (χ4n) is 2.76. The number of ether oxygens (including phenoxy) is 1. The highest BCUT2D eigenvalue weighted by molar-refractivity contribution is 5.96. The molecular weight excluding hydrogens is 372 g/mol. The smallest absolute Gasteiger partial charge is 0.328 e. The molecule has 29 heavy (non-hydrogen) atoms. The fraction of sp³-hybridized carbons (Fsp3) is 0.227. The fourth-order valence-corrected chi connectivity index (χ4v) is 2.76. The van der Waals surface area contributed by atoms with Gasteiger partial charge >= 0.3 is 5.97 Å². The topological polar surface area (TPSA) is 97.6 Å². The van der Waals surface area contributed by atoms with Gasteiger partial charge in [0.05, 0.1) is 6.04 Å². The first-order valence-electron chi connectivity index (χ1n) is 9.24. The predicted octanol–water partition coefficient (Wildman–Crippen LogP) is 2.97. The number of carbonyl (C=O) groups is 3. The second kappa shape index (κ2) is 9.05. The number of carbonyl (C=O) groups excluding carboxylic acids is 3. The van der Waals surface area contributed by atoms with Crippen molar-refractivity contribution in [3.05, 3.63) is 72.0 Å². The Morgan fingerprint density at radius 1 is 0.966 bits per heavy atom. The molecule has 1 aromatic heterocycles. The molecular formula is C22H22N2O5. The average Bonchev–Trinajstić information content (AvgIpc) is 3.17. The number of rotatable bonds is 7. The highest BCUT2D eigenvalue weighted by atomic mass is 16.5. The van der Waals surface area contributed by atoms with Crippen molar-refractivity contribution in [2.45, 2.75) is 25.9 Å². The predicted molar refractivity (Wildman–Crippen MR) is 107 cm³/mol. The Morgan fingerprint density at radius 2 is 1.66 bits per heavy atom. The number of esters is 1. The van der Waals surface area contributed by atoms with Gasteiger partial charge < -0.3 is 19.8 Å². The zero-order valence-corrected chi connectivity index (χ0v) is 16.2. The lowest BCUT2D eigenvalue weighted by Gasteiger charge is -2.15. The number of nitrogens with one attached hydrogen (secondary N) is 2. The molecule has 150 valence electrons. The van der Waals surface area contributed by atoms with Gasteiger partial charge in [-0.05, 0) is 38.1 Å². The SMILES string of the molecule is C[C@H](NC(=O)c1ccccc1)C(=O)OCC(=O)N[C@@H](C)c1cc2ccccc2o1. The van der Waals surface area contributed by atoms with Crippen LogP contribution in [-0.4, -0.2) is 30.4 Å². The molecule has 3 aromatic rings. The van der Waals surface area contributed by atoms with E-state index in [4.69, 9.17) is 9.15 Å². The number of hydrogen-bond donors (Lipinski definition) is 2. The van der Waals surface area contributed by atoms with E-state index in [9.17, 15) is 14.4 Å². The number of amides is 2. The zero-order chi connectivity index (χ0) is 20.8. The summed E-state index contributed by atoms with van der Waals surface area (Å²) in [5, 5.41) is 6.20. The first-order valence-corrected chi connectivity index (χ1v) is 9.24. The third-order valence-corrected chi connectivity index (χ3v) is 4.33. The first-order chi connectivity index (χ1) is 13.9. The van der Waals surface area contributed by atoms with Crippen LogP contribution in [-0.2, 0) is 14.3 Å². The Kier molecular flexibility index (Phi) is 6.29. The highest BCUT2D eigenvalue weighted by Crippen LogP contribution is 2.23. The summed E-state index contributed by atoms with van der Waals surface area (Å²) in [6, 6.07) is 16.7. The molecule has 0 saturated carbocycles. The van der Waals surface area contributed by atoms with Crippen molar-refractivity contribution in [3.8, 4) is 0 Å². The first kappa shape index (κ1) is 20.1. The van der Waals surface area contributed by atoms with Gasteiger partial charge in [0.15, 0.2) is 6.61 Å². The van der Waals surface area contributed by atoms with Gasteiger partial charge in [0.2, 0.25) is 0 Å². The van der Waals surface area contributed by atoms with Gasteiger partial charge in [-0.3, -0.25) is 9.59 Å². The molecule has 3 rings (SSSR count). The summed E-state index contributed by atoms with van der Waals surface area (Å²) in [6.07, 6.45) is 0. The van der Waals surface area contributed by atoms with Crippen LogP contribution in [0.4, 0.5) is 0 Å². The molecule has 2 N–H and O–H groups in total. The standard InChI is InChI=1S/C22H22N2O5/c1-14(19-12-17-10-6-7-11-18(17)29-19)23-20(25)13-28-22(27)15(2)24-21(26)16-8-4-3-5-9-16/h3-12,14-15H,13H2,1-2H3,(H,23,25)(H,24,26)/t14-,15-/m0/s1. The molecule has 7 nitrogen and oxygen atoms in total. The minimum atomic E-state index is -0.886. The molecule has 0 spiro atoms. The molecule has 2 amide bonds. The lowest BCUT2D eigenvalue weighted by Crippen LogP contribution is -2.41. The summed E-state index contributed by atoms with van der Waals surface area (Å²) in [5.74, 6) is -0.943. The van der Waals surface area contributed by atoms with Gasteiger partial charge in [-0.15, -0.1) is 0 Å². The van der Waals surface area contributed by atoms with E-state index in [2.05, 4.69) is 10.6 Å². The second-order valence-corrected chi connectivity index (χ2v) is 6.64. The van der Waals surface area contributed by atoms with Crippen LogP contribution in [0, 0.1) is 0 Å². The minimum Gasteiger partial charge on any atom is -0.459 e. The molecule has 0 unspecified atom stereocenters. The maximum Gasteiger partial charge on any atom is 0.328 e. The number of hydrogen-bond acceptors (Lipinski definition) is 5. The van der Waals surface area contributed by atoms with Gasteiger partial charge in [0, 0.05) is 10.9 Å². The molecule has 0 saturated heterocycles. The van der Waals surface area contributed by atoms with Gasteiger partial charge in [-0.2, -0.15) is 0 Å². The Bertz CT molecular complexity index is 979. The quantitative estimate of drug-likeness (QED) is 0.601. The average molecular weight is 394 g/mol. The van der Waals surface area contributed by atoms with E-state index in [0.29, 0.717) is 11.3 Å². The van der Waals surface area contributed by atoms with Crippen LogP contribution in [0.25, 0.3) is 11.0 Å². The molecule has 0 radical (unpaired) electrons. The van der Waals surface area contributed by atoms with Crippen LogP contribution in [0.1, 0.15) is 36.0 Å². The van der Waals surface area contributed by atoms with E-state index >= 15 is 0 Å². The Labute approximate surface area is 168 Å². The van der Waals surface area contributed by atoms with Crippen LogP contribution in [0.15, 0.2) is 65.1 Å². The molecule has 0 fully saturated rings. The summed E-state index contributed by atoms with van der Waals surface area (Å²) in [6.45, 7) is 2.83. The van der Waals surface area contributed by atoms with Crippen molar-refractivity contribution >= 4 is 28.8 Å². The minimum absolute atomic E-state index is 0.385. The zero-order valence-electron chi connectivity index (χ0n) is 16.2. The third kappa shape index (κ3) is 5.22. The monoisotopic (exact) mass is 394 g/mol. The molecule has 0 aliphatic rings. The van der Waals surface area contributed by atoms with Crippen molar-refractivity contribution in [3.63, 3.8) is 0 Å². The lowest BCUT2D eigenvalue weighted by atomic mass is 10.2. The number of benzene rings is 2. The summed E-state index contributed by atoms with van der Waals surface area (Å²) in [4.78, 5) is 36.2. The van der Waals surface area contributed by atoms with Crippen molar-refractivity contribution in [2.75, 3.05) is 6.61 Å². The maximum atomic E-state index is 12.1. The van der Waals surface area contributed by atoms with Gasteiger partial charge in [-0.25, -0.2) is 4.79 Å². The largest absolute Gasteiger partial charge is 0.459 e. The molecule has 0 bridgehead atoms. The van der Waals surface area contributed by atoms with E-state index in [1.54, 1.807) is 37.3 Å². The van der Waals surface area contributed by atoms with Crippen LogP contribution in [0.5, 0.6) is 0 Å².